The Kier molecular flexibility index (Phi) is 4.21. The maximum Gasteiger partial charge on any atom is 0.160 e. The molecule has 2 rings (SSSR count). The number of hydrogen-bond acceptors (Lipinski definition) is 0. The predicted molar refractivity (Wildman–Crippen MR) is 73.3 cm³/mol. The van der Waals surface area contributed by atoms with Gasteiger partial charge in [0.1, 0.15) is 5.82 Å². The zero-order valence-corrected chi connectivity index (χ0v) is 12.2. The van der Waals surface area contributed by atoms with Crippen molar-refractivity contribution >= 4 is 27.5 Å². The van der Waals surface area contributed by atoms with E-state index >= 15 is 0 Å². The molecule has 0 aliphatic carbocycles. The van der Waals surface area contributed by atoms with E-state index in [1.165, 1.54) is 6.07 Å². The molecule has 0 heterocycles. The zero-order valence-electron chi connectivity index (χ0n) is 9.85. The van der Waals surface area contributed by atoms with E-state index in [1.54, 1.807) is 12.1 Å². The van der Waals surface area contributed by atoms with Crippen LogP contribution >= 0.6 is 27.5 Å². The molecule has 0 spiro atoms. The number of halogens is 5. The van der Waals surface area contributed by atoms with Gasteiger partial charge in [-0.25, -0.2) is 13.2 Å². The van der Waals surface area contributed by atoms with Crippen molar-refractivity contribution in [1.82, 2.24) is 0 Å². The van der Waals surface area contributed by atoms with Gasteiger partial charge in [0.25, 0.3) is 0 Å². The van der Waals surface area contributed by atoms with Crippen molar-refractivity contribution in [1.29, 1.82) is 0 Å². The molecule has 100 valence electrons. The summed E-state index contributed by atoms with van der Waals surface area (Å²) < 4.78 is 40.1. The fourth-order valence-corrected chi connectivity index (χ4v) is 2.88. The predicted octanol–water partition coefficient (Wildman–Crippen LogP) is 5.55. The average Bonchev–Trinajstić information content (AvgIpc) is 2.36. The highest BCUT2D eigenvalue weighted by Crippen LogP contribution is 2.37. The molecule has 1 atom stereocenters. The first-order valence-electron chi connectivity index (χ1n) is 5.44. The van der Waals surface area contributed by atoms with Gasteiger partial charge >= 0.3 is 0 Å². The van der Waals surface area contributed by atoms with E-state index in [2.05, 4.69) is 15.9 Å². The standard InChI is InChI=1S/C14H9BrClF3/c1-7-2-3-11(17)9(4-7)14(15)8-5-12(18)13(19)6-10(8)16/h2-6,14H,1H3. The van der Waals surface area contributed by atoms with Crippen molar-refractivity contribution in [3.63, 3.8) is 0 Å². The van der Waals surface area contributed by atoms with Crippen molar-refractivity contribution in [2.24, 2.45) is 0 Å². The van der Waals surface area contributed by atoms with E-state index < -0.39 is 22.3 Å². The van der Waals surface area contributed by atoms with E-state index in [0.29, 0.717) is 5.56 Å². The highest BCUT2D eigenvalue weighted by atomic mass is 79.9. The summed E-state index contributed by atoms with van der Waals surface area (Å²) in [5.41, 5.74) is 1.47. The van der Waals surface area contributed by atoms with E-state index in [9.17, 15) is 13.2 Å². The summed E-state index contributed by atoms with van der Waals surface area (Å²) in [6.07, 6.45) is 0. The number of alkyl halides is 1. The van der Waals surface area contributed by atoms with Gasteiger partial charge in [0.15, 0.2) is 11.6 Å². The van der Waals surface area contributed by atoms with Crippen molar-refractivity contribution in [3.05, 3.63) is 69.5 Å². The van der Waals surface area contributed by atoms with Gasteiger partial charge in [-0.1, -0.05) is 45.2 Å². The van der Waals surface area contributed by atoms with Crippen LogP contribution < -0.4 is 0 Å². The highest BCUT2D eigenvalue weighted by Gasteiger charge is 2.20. The molecule has 0 amide bonds. The average molecular weight is 350 g/mol. The monoisotopic (exact) mass is 348 g/mol. The molecule has 0 saturated heterocycles. The number of hydrogen-bond donors (Lipinski definition) is 0. The van der Waals surface area contributed by atoms with Crippen LogP contribution in [0.4, 0.5) is 13.2 Å². The molecule has 0 saturated carbocycles. The third-order valence-corrected chi connectivity index (χ3v) is 4.05. The van der Waals surface area contributed by atoms with E-state index in [-0.39, 0.29) is 10.6 Å². The maximum atomic E-state index is 13.8. The number of benzene rings is 2. The number of aryl methyl sites for hydroxylation is 1. The van der Waals surface area contributed by atoms with Crippen LogP contribution in [0.25, 0.3) is 0 Å². The second-order valence-electron chi connectivity index (χ2n) is 4.18. The highest BCUT2D eigenvalue weighted by molar-refractivity contribution is 9.09. The van der Waals surface area contributed by atoms with Gasteiger partial charge in [0.2, 0.25) is 0 Å². The second kappa shape index (κ2) is 5.55. The van der Waals surface area contributed by atoms with Gasteiger partial charge in [-0.3, -0.25) is 0 Å². The summed E-state index contributed by atoms with van der Waals surface area (Å²) in [6, 6.07) is 6.44. The van der Waals surface area contributed by atoms with Gasteiger partial charge in [0, 0.05) is 10.6 Å². The molecular weight excluding hydrogens is 341 g/mol. The van der Waals surface area contributed by atoms with Crippen molar-refractivity contribution in [2.45, 2.75) is 11.8 Å². The first kappa shape index (κ1) is 14.4. The van der Waals surface area contributed by atoms with Gasteiger partial charge in [0.05, 0.1) is 4.83 Å². The van der Waals surface area contributed by atoms with Gasteiger partial charge in [-0.05, 0) is 30.7 Å². The molecule has 0 aromatic heterocycles. The van der Waals surface area contributed by atoms with Crippen molar-refractivity contribution in [2.75, 3.05) is 0 Å². The quantitative estimate of drug-likeness (QED) is 0.492. The summed E-state index contributed by atoms with van der Waals surface area (Å²) >= 11 is 9.15. The lowest BCUT2D eigenvalue weighted by Crippen LogP contribution is -2.00. The number of rotatable bonds is 2. The molecule has 0 aliphatic rings. The van der Waals surface area contributed by atoms with Crippen LogP contribution in [-0.2, 0) is 0 Å². The van der Waals surface area contributed by atoms with Crippen molar-refractivity contribution < 1.29 is 13.2 Å². The SMILES string of the molecule is Cc1ccc(F)c(C(Br)c2cc(F)c(F)cc2Cl)c1. The molecule has 0 fully saturated rings. The van der Waals surface area contributed by atoms with Crippen LogP contribution in [0, 0.1) is 24.4 Å². The smallest absolute Gasteiger partial charge is 0.160 e. The lowest BCUT2D eigenvalue weighted by Gasteiger charge is -2.14. The molecule has 19 heavy (non-hydrogen) atoms. The molecule has 1 unspecified atom stereocenters. The lowest BCUT2D eigenvalue weighted by molar-refractivity contribution is 0.507. The minimum atomic E-state index is -1.03. The Labute approximate surface area is 122 Å². The Morgan fingerprint density at radius 3 is 2.26 bits per heavy atom. The normalized spacial score (nSPS) is 12.5. The Morgan fingerprint density at radius 2 is 1.58 bits per heavy atom. The fraction of sp³-hybridized carbons (Fsp3) is 0.143. The van der Waals surface area contributed by atoms with Gasteiger partial charge in [-0.15, -0.1) is 0 Å². The first-order valence-corrected chi connectivity index (χ1v) is 6.74. The maximum absolute atomic E-state index is 13.8. The van der Waals surface area contributed by atoms with Gasteiger partial charge in [-0.2, -0.15) is 0 Å². The Bertz CT molecular complexity index is 628. The summed E-state index contributed by atoms with van der Waals surface area (Å²) in [4.78, 5) is -0.644. The first-order chi connectivity index (χ1) is 8.90. The summed E-state index contributed by atoms with van der Waals surface area (Å²) in [5.74, 6) is -2.48. The Balaban J connectivity index is 2.52. The van der Waals surface area contributed by atoms with Crippen LogP contribution in [0.3, 0.4) is 0 Å². The van der Waals surface area contributed by atoms with E-state index in [0.717, 1.165) is 17.7 Å². The van der Waals surface area contributed by atoms with Crippen molar-refractivity contribution in [3.8, 4) is 0 Å². The zero-order chi connectivity index (χ0) is 14.2. The van der Waals surface area contributed by atoms with Crippen LogP contribution in [0.2, 0.25) is 5.02 Å². The molecule has 0 bridgehead atoms. The molecule has 5 heteroatoms. The Hall–Kier alpha value is -1.00. The molecule has 0 N–H and O–H groups in total. The van der Waals surface area contributed by atoms with Crippen LogP contribution in [-0.4, -0.2) is 0 Å². The second-order valence-corrected chi connectivity index (χ2v) is 5.50. The molecule has 2 aromatic carbocycles. The molecule has 0 aliphatic heterocycles. The third-order valence-electron chi connectivity index (χ3n) is 2.74. The molecular formula is C14H9BrClF3. The van der Waals surface area contributed by atoms with E-state index in [4.69, 9.17) is 11.6 Å². The largest absolute Gasteiger partial charge is 0.207 e. The topological polar surface area (TPSA) is 0 Å². The van der Waals surface area contributed by atoms with Crippen LogP contribution in [0.15, 0.2) is 30.3 Å². The summed E-state index contributed by atoms with van der Waals surface area (Å²) in [5, 5.41) is 0.0432. The minimum Gasteiger partial charge on any atom is -0.207 e. The molecule has 0 radical (unpaired) electrons. The third kappa shape index (κ3) is 2.95. The van der Waals surface area contributed by atoms with E-state index in [1.807, 2.05) is 6.92 Å². The molecule has 0 nitrogen and oxygen atoms in total. The lowest BCUT2D eigenvalue weighted by atomic mass is 10.0. The summed E-state index contributed by atoms with van der Waals surface area (Å²) in [6.45, 7) is 1.81. The summed E-state index contributed by atoms with van der Waals surface area (Å²) in [7, 11) is 0. The fourth-order valence-electron chi connectivity index (χ4n) is 1.76. The van der Waals surface area contributed by atoms with Crippen LogP contribution in [0.1, 0.15) is 21.5 Å². The Morgan fingerprint density at radius 1 is 0.947 bits per heavy atom. The molecule has 2 aromatic rings. The van der Waals surface area contributed by atoms with Gasteiger partial charge < -0.3 is 0 Å². The minimum absolute atomic E-state index is 0.0432. The van der Waals surface area contributed by atoms with Crippen LogP contribution in [0.5, 0.6) is 0 Å².